The molecule has 0 aliphatic heterocycles. The minimum absolute atomic E-state index is 0.0421. The van der Waals surface area contributed by atoms with Crippen molar-refractivity contribution in [3.05, 3.63) is 23.0 Å². The number of carboxylic acid groups (broad SMARTS) is 1. The van der Waals surface area contributed by atoms with Gasteiger partial charge in [0.25, 0.3) is 11.6 Å². The largest absolute Gasteiger partial charge is 0.480 e. The molecule has 0 radical (unpaired) electrons. The molecule has 1 aliphatic carbocycles. The zero-order valence-corrected chi connectivity index (χ0v) is 15.9. The van der Waals surface area contributed by atoms with Crippen LogP contribution in [0.2, 0.25) is 0 Å². The molecule has 140 valence electrons. The first-order valence-corrected chi connectivity index (χ1v) is 8.87. The van der Waals surface area contributed by atoms with E-state index in [1.807, 2.05) is 0 Å². The molecule has 26 heavy (non-hydrogen) atoms. The highest BCUT2D eigenvalue weighted by Gasteiger charge is 2.32. The molecular formula is C19H25N3O4. The van der Waals surface area contributed by atoms with Crippen molar-refractivity contribution in [2.75, 3.05) is 7.05 Å². The van der Waals surface area contributed by atoms with Crippen molar-refractivity contribution >= 4 is 23.0 Å². The molecule has 7 nitrogen and oxygen atoms in total. The van der Waals surface area contributed by atoms with Gasteiger partial charge in [0.1, 0.15) is 6.04 Å². The van der Waals surface area contributed by atoms with E-state index in [0.717, 1.165) is 18.5 Å². The maximum atomic E-state index is 13.1. The third-order valence-corrected chi connectivity index (χ3v) is 4.72. The number of fused-ring (bicyclic) bond motifs is 1. The van der Waals surface area contributed by atoms with Crippen LogP contribution in [0.3, 0.4) is 0 Å². The molecule has 7 heteroatoms. The number of rotatable bonds is 5. The Balaban J connectivity index is 2.12. The molecule has 3 rings (SSSR count). The van der Waals surface area contributed by atoms with E-state index in [0.29, 0.717) is 34.7 Å². The van der Waals surface area contributed by atoms with Gasteiger partial charge in [0, 0.05) is 18.7 Å². The summed E-state index contributed by atoms with van der Waals surface area (Å²) in [7, 11) is 1.50. The summed E-state index contributed by atoms with van der Waals surface area (Å²) in [5.41, 5.74) is 2.23. The predicted molar refractivity (Wildman–Crippen MR) is 96.1 cm³/mol. The highest BCUT2D eigenvalue weighted by molar-refractivity contribution is 6.07. The minimum Gasteiger partial charge on any atom is -0.480 e. The molecule has 1 unspecified atom stereocenters. The summed E-state index contributed by atoms with van der Waals surface area (Å²) >= 11 is 0. The first kappa shape index (κ1) is 18.4. The lowest BCUT2D eigenvalue weighted by Gasteiger charge is -2.22. The number of hydrogen-bond donors (Lipinski definition) is 1. The number of carbonyl (C=O) groups excluding carboxylic acids is 1. The first-order chi connectivity index (χ1) is 12.1. The van der Waals surface area contributed by atoms with Crippen molar-refractivity contribution in [3.8, 4) is 0 Å². The normalized spacial score (nSPS) is 15.9. The number of pyridine rings is 1. The molecule has 1 atom stereocenters. The summed E-state index contributed by atoms with van der Waals surface area (Å²) in [5.74, 6) is -1.06. The average molecular weight is 359 g/mol. The van der Waals surface area contributed by atoms with Crippen LogP contribution in [0.15, 0.2) is 10.6 Å². The Labute approximate surface area is 152 Å². The maximum Gasteiger partial charge on any atom is 0.326 e. The molecule has 0 aromatic carbocycles. The van der Waals surface area contributed by atoms with E-state index in [1.165, 1.54) is 18.9 Å². The lowest BCUT2D eigenvalue weighted by molar-refractivity contribution is -0.141. The van der Waals surface area contributed by atoms with Crippen LogP contribution in [0.4, 0.5) is 0 Å². The molecule has 0 bridgehead atoms. The molecule has 0 spiro atoms. The molecule has 2 aromatic rings. The molecule has 1 amide bonds. The van der Waals surface area contributed by atoms with Gasteiger partial charge in [-0.3, -0.25) is 4.79 Å². The van der Waals surface area contributed by atoms with Crippen LogP contribution in [-0.2, 0) is 11.2 Å². The van der Waals surface area contributed by atoms with Crippen LogP contribution in [0.25, 0.3) is 11.1 Å². The number of likely N-dealkylation sites (N-methyl/N-ethyl adjacent to an activating group) is 1. The zero-order chi connectivity index (χ0) is 19.2. The minimum atomic E-state index is -1.05. The smallest absolute Gasteiger partial charge is 0.326 e. The van der Waals surface area contributed by atoms with Crippen molar-refractivity contribution in [2.24, 2.45) is 5.41 Å². The Morgan fingerprint density at radius 1 is 1.38 bits per heavy atom. The second-order valence-corrected chi connectivity index (χ2v) is 8.35. The molecule has 1 saturated carbocycles. The number of hydrogen-bond acceptors (Lipinski definition) is 5. The number of nitrogens with zero attached hydrogens (tertiary/aromatic N) is 3. The van der Waals surface area contributed by atoms with E-state index in [-0.39, 0.29) is 11.3 Å². The lowest BCUT2D eigenvalue weighted by Crippen LogP contribution is -2.40. The van der Waals surface area contributed by atoms with Crippen LogP contribution in [0, 0.1) is 5.41 Å². The van der Waals surface area contributed by atoms with E-state index in [9.17, 15) is 14.7 Å². The summed E-state index contributed by atoms with van der Waals surface area (Å²) in [5, 5.41) is 14.0. The van der Waals surface area contributed by atoms with Crippen molar-refractivity contribution in [1.82, 2.24) is 15.0 Å². The van der Waals surface area contributed by atoms with Crippen molar-refractivity contribution in [3.63, 3.8) is 0 Å². The van der Waals surface area contributed by atoms with E-state index in [2.05, 4.69) is 30.9 Å². The van der Waals surface area contributed by atoms with E-state index in [4.69, 9.17) is 4.52 Å². The van der Waals surface area contributed by atoms with Crippen LogP contribution in [-0.4, -0.2) is 45.1 Å². The summed E-state index contributed by atoms with van der Waals surface area (Å²) in [6.45, 7) is 7.74. The summed E-state index contributed by atoms with van der Waals surface area (Å²) in [6.07, 6.45) is 2.70. The summed E-state index contributed by atoms with van der Waals surface area (Å²) in [6, 6.07) is 0.859. The number of aromatic nitrogens is 2. The van der Waals surface area contributed by atoms with Gasteiger partial charge in [0.15, 0.2) is 0 Å². The fourth-order valence-electron chi connectivity index (χ4n) is 2.94. The van der Waals surface area contributed by atoms with Gasteiger partial charge in [-0.1, -0.05) is 25.9 Å². The van der Waals surface area contributed by atoms with Crippen LogP contribution < -0.4 is 0 Å². The summed E-state index contributed by atoms with van der Waals surface area (Å²) < 4.78 is 5.44. The molecule has 0 saturated heterocycles. The molecular weight excluding hydrogens is 334 g/mol. The SMILES string of the molecule is CC(C(=O)O)N(C)C(=O)c1cc(C2CC2)nc2onc(CC(C)(C)C)c12. The van der Waals surface area contributed by atoms with Crippen LogP contribution in [0.5, 0.6) is 0 Å². The number of carboxylic acids is 1. The fourth-order valence-corrected chi connectivity index (χ4v) is 2.94. The van der Waals surface area contributed by atoms with E-state index >= 15 is 0 Å². The number of carbonyl (C=O) groups is 2. The Hall–Kier alpha value is -2.44. The van der Waals surface area contributed by atoms with Crippen LogP contribution in [0.1, 0.15) is 68.2 Å². The molecule has 2 aromatic heterocycles. The maximum absolute atomic E-state index is 13.1. The van der Waals surface area contributed by atoms with E-state index < -0.39 is 12.0 Å². The zero-order valence-electron chi connectivity index (χ0n) is 15.9. The lowest BCUT2D eigenvalue weighted by atomic mass is 9.89. The Morgan fingerprint density at radius 2 is 2.04 bits per heavy atom. The second-order valence-electron chi connectivity index (χ2n) is 8.35. The van der Waals surface area contributed by atoms with Gasteiger partial charge < -0.3 is 14.5 Å². The van der Waals surface area contributed by atoms with Crippen LogP contribution >= 0.6 is 0 Å². The quantitative estimate of drug-likeness (QED) is 0.880. The monoisotopic (exact) mass is 359 g/mol. The van der Waals surface area contributed by atoms with Gasteiger partial charge in [0.2, 0.25) is 0 Å². The third-order valence-electron chi connectivity index (χ3n) is 4.72. The van der Waals surface area contributed by atoms with Crippen molar-refractivity contribution in [1.29, 1.82) is 0 Å². The summed E-state index contributed by atoms with van der Waals surface area (Å²) in [4.78, 5) is 30.2. The Morgan fingerprint density at radius 3 is 2.58 bits per heavy atom. The van der Waals surface area contributed by atoms with Gasteiger partial charge in [-0.15, -0.1) is 0 Å². The molecule has 1 fully saturated rings. The fraction of sp³-hybridized carbons (Fsp3) is 0.579. The standard InChI is InChI=1S/C19H25N3O4/c1-10(18(24)25)22(5)17(23)12-8-13(11-6-7-11)20-16-15(12)14(21-26-16)9-19(2,3)4/h8,10-11H,6-7,9H2,1-5H3,(H,24,25). The predicted octanol–water partition coefficient (Wildman–Crippen LogP) is 3.23. The molecule has 1 N–H and O–H groups in total. The number of amides is 1. The highest BCUT2D eigenvalue weighted by atomic mass is 16.5. The first-order valence-electron chi connectivity index (χ1n) is 8.87. The van der Waals surface area contributed by atoms with Gasteiger partial charge >= 0.3 is 5.97 Å². The average Bonchev–Trinajstić information content (AvgIpc) is 3.33. The van der Waals surface area contributed by atoms with Crippen molar-refractivity contribution < 1.29 is 19.2 Å². The Bertz CT molecular complexity index is 862. The Kier molecular flexibility index (Phi) is 4.50. The topological polar surface area (TPSA) is 96.5 Å². The van der Waals surface area contributed by atoms with Gasteiger partial charge in [-0.25, -0.2) is 9.78 Å². The van der Waals surface area contributed by atoms with Crippen molar-refractivity contribution in [2.45, 2.75) is 58.9 Å². The second kappa shape index (κ2) is 6.37. The van der Waals surface area contributed by atoms with Gasteiger partial charge in [-0.05, 0) is 37.7 Å². The number of aliphatic carboxylic acids is 1. The van der Waals surface area contributed by atoms with E-state index in [1.54, 1.807) is 6.07 Å². The van der Waals surface area contributed by atoms with Gasteiger partial charge in [-0.2, -0.15) is 0 Å². The van der Waals surface area contributed by atoms with Gasteiger partial charge in [0.05, 0.1) is 16.6 Å². The molecule has 2 heterocycles. The molecule has 1 aliphatic rings. The highest BCUT2D eigenvalue weighted by Crippen LogP contribution is 2.41. The third kappa shape index (κ3) is 3.57.